The van der Waals surface area contributed by atoms with Crippen molar-refractivity contribution in [1.29, 1.82) is 0 Å². The molecule has 2 atom stereocenters. The fraction of sp³-hybridized carbons (Fsp3) is 0.565. The Balaban J connectivity index is 1.42. The first-order valence-electron chi connectivity index (χ1n) is 10.1. The number of halogens is 3. The van der Waals surface area contributed by atoms with Crippen LogP contribution in [0, 0.1) is 23.7 Å². The zero-order valence-corrected chi connectivity index (χ0v) is 16.4. The van der Waals surface area contributed by atoms with E-state index in [1.54, 1.807) is 0 Å². The highest BCUT2D eigenvalue weighted by Crippen LogP contribution is 2.35. The molecule has 2 aliphatic rings. The highest BCUT2D eigenvalue weighted by atomic mass is 19.4. The molecule has 6 heteroatoms. The maximum Gasteiger partial charge on any atom is 0.573 e. The molecule has 0 amide bonds. The lowest BCUT2D eigenvalue weighted by Crippen LogP contribution is -2.40. The number of hydrogen-bond donors (Lipinski definition) is 0. The predicted octanol–water partition coefficient (Wildman–Crippen LogP) is 5.49. The first-order valence-corrected chi connectivity index (χ1v) is 10.1. The minimum absolute atomic E-state index is 0.132. The van der Waals surface area contributed by atoms with E-state index in [-0.39, 0.29) is 18.0 Å². The van der Waals surface area contributed by atoms with Crippen LogP contribution in [0.3, 0.4) is 0 Å². The Hall–Kier alpha value is -1.97. The van der Waals surface area contributed by atoms with Gasteiger partial charge in [-0.1, -0.05) is 30.8 Å². The van der Waals surface area contributed by atoms with Gasteiger partial charge >= 0.3 is 6.36 Å². The van der Waals surface area contributed by atoms with Crippen molar-refractivity contribution in [2.24, 2.45) is 11.8 Å². The first-order chi connectivity index (χ1) is 13.9. The number of ether oxygens (including phenoxy) is 3. The van der Waals surface area contributed by atoms with E-state index in [0.717, 1.165) is 12.3 Å². The standard InChI is InChI=1S/C23H27F3O3/c1-2-3-4-17-5-10-19(11-6-17)22-16-27-21(15-28-22)14-9-18-7-12-20(13-8-18)29-23(24,25)26/h2,7-8,12-13,17,19,21-22H,1,3-6,10-11,15-16H2/t17?,19?,21-,22?/m0/s1. The fourth-order valence-electron chi connectivity index (χ4n) is 3.98. The first kappa shape index (κ1) is 21.7. The normalized spacial score (nSPS) is 27.6. The van der Waals surface area contributed by atoms with Gasteiger partial charge in [0.1, 0.15) is 11.9 Å². The maximum atomic E-state index is 12.2. The lowest BCUT2D eigenvalue weighted by atomic mass is 9.77. The van der Waals surface area contributed by atoms with Crippen LogP contribution >= 0.6 is 0 Å². The Morgan fingerprint density at radius 1 is 1.07 bits per heavy atom. The number of allylic oxidation sites excluding steroid dienone is 1. The molecule has 1 aromatic carbocycles. The topological polar surface area (TPSA) is 27.7 Å². The van der Waals surface area contributed by atoms with E-state index in [0.29, 0.717) is 24.7 Å². The number of benzene rings is 1. The third kappa shape index (κ3) is 7.09. The molecule has 1 unspecified atom stereocenters. The Kier molecular flexibility index (Phi) is 7.63. The van der Waals surface area contributed by atoms with E-state index in [1.165, 1.54) is 56.4 Å². The average Bonchev–Trinajstić information content (AvgIpc) is 2.71. The zero-order valence-electron chi connectivity index (χ0n) is 16.4. The second-order valence-corrected chi connectivity index (χ2v) is 7.68. The van der Waals surface area contributed by atoms with Crippen LogP contribution in [0.25, 0.3) is 0 Å². The molecule has 0 aromatic heterocycles. The van der Waals surface area contributed by atoms with Crippen LogP contribution in [0.1, 0.15) is 44.1 Å². The van der Waals surface area contributed by atoms with E-state index in [1.807, 2.05) is 6.08 Å². The molecular weight excluding hydrogens is 381 g/mol. The van der Waals surface area contributed by atoms with E-state index in [9.17, 15) is 13.2 Å². The van der Waals surface area contributed by atoms with Gasteiger partial charge in [-0.25, -0.2) is 0 Å². The minimum atomic E-state index is -4.69. The molecule has 2 fully saturated rings. The Labute approximate surface area is 170 Å². The maximum absolute atomic E-state index is 12.2. The molecule has 29 heavy (non-hydrogen) atoms. The average molecular weight is 408 g/mol. The van der Waals surface area contributed by atoms with Gasteiger partial charge in [0.15, 0.2) is 0 Å². The summed E-state index contributed by atoms with van der Waals surface area (Å²) in [6.45, 7) is 4.76. The van der Waals surface area contributed by atoms with E-state index >= 15 is 0 Å². The minimum Gasteiger partial charge on any atom is -0.406 e. The van der Waals surface area contributed by atoms with Gasteiger partial charge in [-0.15, -0.1) is 19.8 Å². The lowest BCUT2D eigenvalue weighted by molar-refractivity contribution is -0.274. The van der Waals surface area contributed by atoms with Crippen LogP contribution in [-0.4, -0.2) is 31.8 Å². The molecule has 158 valence electrons. The monoisotopic (exact) mass is 408 g/mol. The smallest absolute Gasteiger partial charge is 0.406 e. The molecule has 0 radical (unpaired) electrons. The molecule has 1 aromatic rings. The summed E-state index contributed by atoms with van der Waals surface area (Å²) in [6, 6.07) is 5.48. The van der Waals surface area contributed by atoms with Gasteiger partial charge in [0.2, 0.25) is 0 Å². The summed E-state index contributed by atoms with van der Waals surface area (Å²) in [5.74, 6) is 7.00. The van der Waals surface area contributed by atoms with Crippen molar-refractivity contribution in [3.8, 4) is 17.6 Å². The number of hydrogen-bond acceptors (Lipinski definition) is 3. The summed E-state index contributed by atoms with van der Waals surface area (Å²) in [5.41, 5.74) is 0.600. The molecule has 1 aliphatic carbocycles. The molecule has 0 spiro atoms. The summed E-state index contributed by atoms with van der Waals surface area (Å²) in [4.78, 5) is 0. The van der Waals surface area contributed by atoms with E-state index < -0.39 is 6.36 Å². The quantitative estimate of drug-likeness (QED) is 0.476. The summed E-state index contributed by atoms with van der Waals surface area (Å²) in [5, 5.41) is 0. The van der Waals surface area contributed by atoms with Crippen LogP contribution in [0.15, 0.2) is 36.9 Å². The fourth-order valence-corrected chi connectivity index (χ4v) is 3.98. The number of alkyl halides is 3. The van der Waals surface area contributed by atoms with Gasteiger partial charge in [0.05, 0.1) is 19.3 Å². The molecule has 0 N–H and O–H groups in total. The van der Waals surface area contributed by atoms with Gasteiger partial charge < -0.3 is 14.2 Å². The molecule has 3 rings (SSSR count). The summed E-state index contributed by atoms with van der Waals surface area (Å²) in [6.07, 6.45) is 4.30. The molecule has 1 saturated carbocycles. The van der Waals surface area contributed by atoms with Gasteiger partial charge in [-0.05, 0) is 61.8 Å². The summed E-state index contributed by atoms with van der Waals surface area (Å²) in [7, 11) is 0. The van der Waals surface area contributed by atoms with Crippen LogP contribution in [0.4, 0.5) is 13.2 Å². The highest BCUT2D eigenvalue weighted by molar-refractivity contribution is 5.38. The molecular formula is C23H27F3O3. The Morgan fingerprint density at radius 3 is 2.38 bits per heavy atom. The molecule has 1 heterocycles. The van der Waals surface area contributed by atoms with Gasteiger partial charge in [-0.2, -0.15) is 0 Å². The molecule has 3 nitrogen and oxygen atoms in total. The predicted molar refractivity (Wildman–Crippen MR) is 104 cm³/mol. The van der Waals surface area contributed by atoms with Crippen molar-refractivity contribution < 1.29 is 27.4 Å². The van der Waals surface area contributed by atoms with Crippen molar-refractivity contribution in [2.45, 2.75) is 57.1 Å². The second kappa shape index (κ2) is 10.2. The second-order valence-electron chi connectivity index (χ2n) is 7.68. The van der Waals surface area contributed by atoms with E-state index in [4.69, 9.17) is 9.47 Å². The van der Waals surface area contributed by atoms with Crippen molar-refractivity contribution in [3.05, 3.63) is 42.5 Å². The van der Waals surface area contributed by atoms with Crippen molar-refractivity contribution in [1.82, 2.24) is 0 Å². The van der Waals surface area contributed by atoms with Crippen LogP contribution in [-0.2, 0) is 9.47 Å². The van der Waals surface area contributed by atoms with Crippen LogP contribution in [0.2, 0.25) is 0 Å². The third-order valence-corrected chi connectivity index (χ3v) is 5.58. The molecule has 1 saturated heterocycles. The van der Waals surface area contributed by atoms with Crippen molar-refractivity contribution >= 4 is 0 Å². The molecule has 1 aliphatic heterocycles. The van der Waals surface area contributed by atoms with Gasteiger partial charge in [0.25, 0.3) is 0 Å². The van der Waals surface area contributed by atoms with E-state index in [2.05, 4.69) is 23.2 Å². The van der Waals surface area contributed by atoms with Crippen LogP contribution < -0.4 is 4.74 Å². The van der Waals surface area contributed by atoms with Crippen LogP contribution in [0.5, 0.6) is 5.75 Å². The largest absolute Gasteiger partial charge is 0.573 e. The Morgan fingerprint density at radius 2 is 1.79 bits per heavy atom. The zero-order chi connectivity index (χ0) is 20.7. The SMILES string of the molecule is C=CCCC1CCC(C2CO[C@@H](C#Cc3ccc(OC(F)(F)F)cc3)CO2)CC1. The third-order valence-electron chi connectivity index (χ3n) is 5.58. The molecule has 0 bridgehead atoms. The van der Waals surface area contributed by atoms with Crippen molar-refractivity contribution in [3.63, 3.8) is 0 Å². The lowest BCUT2D eigenvalue weighted by Gasteiger charge is -2.36. The number of rotatable bonds is 5. The van der Waals surface area contributed by atoms with Gasteiger partial charge in [-0.3, -0.25) is 0 Å². The van der Waals surface area contributed by atoms with Crippen molar-refractivity contribution in [2.75, 3.05) is 13.2 Å². The highest BCUT2D eigenvalue weighted by Gasteiger charge is 2.32. The van der Waals surface area contributed by atoms with Gasteiger partial charge in [0, 0.05) is 5.56 Å². The summed E-state index contributed by atoms with van der Waals surface area (Å²) < 4.78 is 52.3. The Bertz CT molecular complexity index is 702. The summed E-state index contributed by atoms with van der Waals surface area (Å²) >= 11 is 0.